The molecule has 1 unspecified atom stereocenters. The van der Waals surface area contributed by atoms with Crippen LogP contribution in [0.25, 0.3) is 11.1 Å². The van der Waals surface area contributed by atoms with Crippen molar-refractivity contribution >= 4 is 17.6 Å². The first-order valence-electron chi connectivity index (χ1n) is 10.8. The van der Waals surface area contributed by atoms with Crippen molar-refractivity contribution in [2.24, 2.45) is 0 Å². The third kappa shape index (κ3) is 3.56. The summed E-state index contributed by atoms with van der Waals surface area (Å²) >= 11 is 0. The number of nitrogens with one attached hydrogen (secondary N) is 1. The number of rotatable bonds is 5. The molecule has 1 heterocycles. The Morgan fingerprint density at radius 1 is 0.667 bits per heavy atom. The average Bonchev–Trinajstić information content (AvgIpc) is 3.17. The fourth-order valence-electron chi connectivity index (χ4n) is 4.50. The Kier molecular flexibility index (Phi) is 5.19. The highest BCUT2D eigenvalue weighted by molar-refractivity contribution is 6.27. The molecule has 0 spiro atoms. The maximum Gasteiger partial charge on any atom is 0.259 e. The molecule has 1 aliphatic rings. The van der Waals surface area contributed by atoms with Crippen LogP contribution in [0.4, 0.5) is 0 Å². The topological polar surface area (TPSA) is 63.2 Å². The molecule has 1 aliphatic heterocycles. The molecule has 160 valence electrons. The lowest BCUT2D eigenvalue weighted by Crippen LogP contribution is -2.20. The van der Waals surface area contributed by atoms with Crippen molar-refractivity contribution in [2.45, 2.75) is 12.8 Å². The monoisotopic (exact) mass is 431 g/mol. The summed E-state index contributed by atoms with van der Waals surface area (Å²) in [6.07, 6.45) is 0. The normalized spacial score (nSPS) is 13.4. The minimum atomic E-state index is -0.477. The number of hydrogen-bond acceptors (Lipinski definition) is 3. The molecule has 0 radical (unpaired) electrons. The second kappa shape index (κ2) is 8.32. The van der Waals surface area contributed by atoms with Crippen molar-refractivity contribution in [1.82, 2.24) is 5.32 Å². The molecule has 4 aromatic rings. The molecule has 2 amide bonds. The summed E-state index contributed by atoms with van der Waals surface area (Å²) in [5.41, 5.74) is 4.76. The van der Waals surface area contributed by atoms with E-state index in [4.69, 9.17) is 0 Å². The van der Waals surface area contributed by atoms with Crippen molar-refractivity contribution in [3.63, 3.8) is 0 Å². The molecular formula is C29H21NO3. The van der Waals surface area contributed by atoms with Gasteiger partial charge < -0.3 is 0 Å². The molecule has 4 nitrogen and oxygen atoms in total. The second-order valence-electron chi connectivity index (χ2n) is 8.11. The Balaban J connectivity index is 1.70. The van der Waals surface area contributed by atoms with Gasteiger partial charge in [-0.2, -0.15) is 0 Å². The maximum absolute atomic E-state index is 14.0. The fourth-order valence-corrected chi connectivity index (χ4v) is 4.50. The van der Waals surface area contributed by atoms with E-state index in [1.807, 2.05) is 84.9 Å². The number of carbonyl (C=O) groups excluding carboxylic acids is 3. The van der Waals surface area contributed by atoms with E-state index in [0.29, 0.717) is 22.3 Å². The molecule has 1 atom stereocenters. The van der Waals surface area contributed by atoms with Gasteiger partial charge in [0, 0.05) is 22.6 Å². The van der Waals surface area contributed by atoms with Gasteiger partial charge in [0.15, 0.2) is 5.78 Å². The molecule has 0 saturated heterocycles. The van der Waals surface area contributed by atoms with Crippen LogP contribution in [0.5, 0.6) is 0 Å². The summed E-state index contributed by atoms with van der Waals surface area (Å²) in [4.78, 5) is 39.0. The van der Waals surface area contributed by atoms with Gasteiger partial charge in [-0.05, 0) is 28.8 Å². The van der Waals surface area contributed by atoms with Crippen LogP contribution >= 0.6 is 0 Å². The van der Waals surface area contributed by atoms with E-state index < -0.39 is 11.8 Å². The van der Waals surface area contributed by atoms with Crippen molar-refractivity contribution in [3.05, 3.63) is 130 Å². The third-order valence-electron chi connectivity index (χ3n) is 6.18. The summed E-state index contributed by atoms with van der Waals surface area (Å²) in [5.74, 6) is -1.09. The van der Waals surface area contributed by atoms with Gasteiger partial charge in [-0.15, -0.1) is 0 Å². The van der Waals surface area contributed by atoms with Crippen LogP contribution in [0, 0.1) is 0 Å². The zero-order valence-corrected chi connectivity index (χ0v) is 18.0. The molecule has 33 heavy (non-hydrogen) atoms. The van der Waals surface area contributed by atoms with Crippen LogP contribution in [-0.4, -0.2) is 17.6 Å². The lowest BCUT2D eigenvalue weighted by atomic mass is 9.84. The number of ketones is 1. The van der Waals surface area contributed by atoms with Crippen molar-refractivity contribution in [3.8, 4) is 11.1 Å². The maximum atomic E-state index is 14.0. The van der Waals surface area contributed by atoms with E-state index in [2.05, 4.69) is 12.2 Å². The van der Waals surface area contributed by atoms with Gasteiger partial charge in [0.25, 0.3) is 11.8 Å². The van der Waals surface area contributed by atoms with Gasteiger partial charge in [-0.3, -0.25) is 19.7 Å². The number of amides is 2. The molecular weight excluding hydrogens is 410 g/mol. The highest BCUT2D eigenvalue weighted by Crippen LogP contribution is 2.36. The first-order chi connectivity index (χ1) is 16.1. The van der Waals surface area contributed by atoms with Gasteiger partial charge in [-0.1, -0.05) is 91.9 Å². The van der Waals surface area contributed by atoms with Crippen LogP contribution in [0.15, 0.2) is 97.1 Å². The van der Waals surface area contributed by atoms with Gasteiger partial charge in [0.2, 0.25) is 0 Å². The van der Waals surface area contributed by atoms with Crippen molar-refractivity contribution < 1.29 is 14.4 Å². The molecule has 0 aliphatic carbocycles. The smallest absolute Gasteiger partial charge is 0.259 e. The van der Waals surface area contributed by atoms with Gasteiger partial charge in [0.1, 0.15) is 0 Å². The average molecular weight is 431 g/mol. The van der Waals surface area contributed by atoms with E-state index in [1.165, 1.54) is 0 Å². The summed E-state index contributed by atoms with van der Waals surface area (Å²) in [7, 11) is 0. The first kappa shape index (κ1) is 20.6. The van der Waals surface area contributed by atoms with E-state index in [1.54, 1.807) is 12.1 Å². The molecule has 4 aromatic carbocycles. The van der Waals surface area contributed by atoms with Crippen LogP contribution < -0.4 is 5.32 Å². The number of fused-ring (bicyclic) bond motifs is 1. The van der Waals surface area contributed by atoms with E-state index in [9.17, 15) is 14.4 Å². The summed E-state index contributed by atoms with van der Waals surface area (Å²) < 4.78 is 0. The largest absolute Gasteiger partial charge is 0.289 e. The molecule has 5 rings (SSSR count). The predicted octanol–water partition coefficient (Wildman–Crippen LogP) is 5.62. The van der Waals surface area contributed by atoms with Crippen LogP contribution in [0.1, 0.15) is 60.6 Å². The molecule has 4 heteroatoms. The number of hydrogen-bond donors (Lipinski definition) is 1. The van der Waals surface area contributed by atoms with Crippen LogP contribution in [0.2, 0.25) is 0 Å². The third-order valence-corrected chi connectivity index (χ3v) is 6.18. The number of imide groups is 1. The molecule has 0 aromatic heterocycles. The van der Waals surface area contributed by atoms with Crippen LogP contribution in [-0.2, 0) is 0 Å². The van der Waals surface area contributed by atoms with Gasteiger partial charge in [0.05, 0.1) is 11.1 Å². The highest BCUT2D eigenvalue weighted by Gasteiger charge is 2.33. The Labute approximate surface area is 191 Å². The van der Waals surface area contributed by atoms with Crippen molar-refractivity contribution in [2.75, 3.05) is 0 Å². The van der Waals surface area contributed by atoms with Gasteiger partial charge >= 0.3 is 0 Å². The van der Waals surface area contributed by atoms with Gasteiger partial charge in [-0.25, -0.2) is 0 Å². The Morgan fingerprint density at radius 3 is 2.03 bits per heavy atom. The number of carbonyl (C=O) groups is 3. The minimum absolute atomic E-state index is 0.00540. The lowest BCUT2D eigenvalue weighted by molar-refractivity contribution is 0.0879. The molecule has 1 N–H and O–H groups in total. The summed E-state index contributed by atoms with van der Waals surface area (Å²) in [6.45, 7) is 2.08. The lowest BCUT2D eigenvalue weighted by Gasteiger charge is -2.18. The SMILES string of the molecule is CC(c1ccccc1)c1ccccc1C(=O)c1ccc2c(c1-c1ccccc1)C(=O)NC2=O. The quantitative estimate of drug-likeness (QED) is 0.330. The second-order valence-corrected chi connectivity index (χ2v) is 8.11. The van der Waals surface area contributed by atoms with Crippen molar-refractivity contribution in [1.29, 1.82) is 0 Å². The van der Waals surface area contributed by atoms with E-state index in [0.717, 1.165) is 16.7 Å². The zero-order valence-electron chi connectivity index (χ0n) is 18.0. The predicted molar refractivity (Wildman–Crippen MR) is 128 cm³/mol. The molecule has 0 fully saturated rings. The first-order valence-corrected chi connectivity index (χ1v) is 10.8. The minimum Gasteiger partial charge on any atom is -0.289 e. The Hall–Kier alpha value is -4.31. The zero-order chi connectivity index (χ0) is 22.9. The van der Waals surface area contributed by atoms with E-state index >= 15 is 0 Å². The summed E-state index contributed by atoms with van der Waals surface area (Å²) in [6, 6.07) is 30.1. The highest BCUT2D eigenvalue weighted by atomic mass is 16.2. The fraction of sp³-hybridized carbons (Fsp3) is 0.0690. The molecule has 0 saturated carbocycles. The standard InChI is InChI=1S/C29H21NO3/c1-18(19-10-4-2-5-11-19)21-14-8-9-15-22(21)27(31)23-16-17-24-26(29(33)30-28(24)32)25(23)20-12-6-3-7-13-20/h2-18H,1H3,(H,30,32,33). The Morgan fingerprint density at radius 2 is 1.30 bits per heavy atom. The summed E-state index contributed by atoms with van der Waals surface area (Å²) in [5, 5.41) is 2.36. The Bertz CT molecular complexity index is 1390. The number of benzene rings is 4. The molecule has 0 bridgehead atoms. The van der Waals surface area contributed by atoms with E-state index in [-0.39, 0.29) is 17.3 Å². The van der Waals surface area contributed by atoms with Crippen LogP contribution in [0.3, 0.4) is 0 Å².